The summed E-state index contributed by atoms with van der Waals surface area (Å²) in [6, 6.07) is 16.1. The largest absolute Gasteiger partial charge is 0.366 e. The Morgan fingerprint density at radius 1 is 0.938 bits per heavy atom. The minimum absolute atomic E-state index is 0.0221. The Morgan fingerprint density at radius 3 is 2.19 bits per heavy atom. The first-order valence-corrected chi connectivity index (χ1v) is 11.7. The zero-order chi connectivity index (χ0) is 23.5. The molecule has 0 saturated heterocycles. The van der Waals surface area contributed by atoms with E-state index >= 15 is 0 Å². The third-order valence-electron chi connectivity index (χ3n) is 4.78. The fraction of sp³-hybridized carbons (Fsp3) is 0.130. The molecule has 0 atom stereocenters. The van der Waals surface area contributed by atoms with E-state index in [-0.39, 0.29) is 16.4 Å². The van der Waals surface area contributed by atoms with E-state index in [4.69, 9.17) is 22.5 Å². The van der Waals surface area contributed by atoms with Crippen molar-refractivity contribution in [3.8, 4) is 22.3 Å². The Hall–Kier alpha value is -3.20. The lowest BCUT2D eigenvalue weighted by Gasteiger charge is -2.14. The van der Waals surface area contributed by atoms with Crippen molar-refractivity contribution >= 4 is 39.1 Å². The number of amides is 2. The summed E-state index contributed by atoms with van der Waals surface area (Å²) in [5.74, 6) is -0.777. The summed E-state index contributed by atoms with van der Waals surface area (Å²) in [6.07, 6.45) is 1.05. The van der Waals surface area contributed by atoms with Gasteiger partial charge >= 0.3 is 0 Å². The van der Waals surface area contributed by atoms with E-state index in [9.17, 15) is 18.0 Å². The van der Waals surface area contributed by atoms with Crippen molar-refractivity contribution in [2.75, 3.05) is 5.32 Å². The van der Waals surface area contributed by atoms with Gasteiger partial charge in [-0.05, 0) is 65.6 Å². The molecule has 0 saturated carbocycles. The van der Waals surface area contributed by atoms with Gasteiger partial charge in [0.15, 0.2) is 0 Å². The number of primary amides is 1. The number of halogens is 1. The number of benzene rings is 3. The molecule has 7 nitrogen and oxygen atoms in total. The Balaban J connectivity index is 2.14. The number of hydrogen-bond donors (Lipinski definition) is 3. The zero-order valence-corrected chi connectivity index (χ0v) is 18.8. The molecule has 5 N–H and O–H groups in total. The van der Waals surface area contributed by atoms with Crippen molar-refractivity contribution in [1.82, 2.24) is 0 Å². The van der Waals surface area contributed by atoms with Gasteiger partial charge in [-0.3, -0.25) is 9.59 Å². The molecule has 0 unspecified atom stereocenters. The molecule has 0 aliphatic heterocycles. The van der Waals surface area contributed by atoms with Crippen LogP contribution in [0.3, 0.4) is 0 Å². The number of sulfonamides is 1. The van der Waals surface area contributed by atoms with Gasteiger partial charge in [-0.15, -0.1) is 0 Å². The smallest absolute Gasteiger partial charge is 0.248 e. The highest BCUT2D eigenvalue weighted by atomic mass is 35.5. The summed E-state index contributed by atoms with van der Waals surface area (Å²) in [6.45, 7) is 1.91. The van der Waals surface area contributed by atoms with Gasteiger partial charge in [0.1, 0.15) is 0 Å². The van der Waals surface area contributed by atoms with Gasteiger partial charge in [-0.2, -0.15) is 0 Å². The van der Waals surface area contributed by atoms with Crippen LogP contribution in [0.5, 0.6) is 0 Å². The Kier molecular flexibility index (Phi) is 6.98. The average molecular weight is 472 g/mol. The minimum Gasteiger partial charge on any atom is -0.366 e. The molecule has 0 aliphatic carbocycles. The summed E-state index contributed by atoms with van der Waals surface area (Å²) in [7, 11) is -3.83. The fourth-order valence-electron chi connectivity index (χ4n) is 3.24. The van der Waals surface area contributed by atoms with Crippen LogP contribution in [0.4, 0.5) is 5.69 Å². The SMILES string of the molecule is CCCC(=O)Nc1cc(Cl)ccc1-c1cc(C(N)=O)cc(-c2ccc(S(N)(=O)=O)cc2)c1. The first-order valence-electron chi connectivity index (χ1n) is 9.76. The van der Waals surface area contributed by atoms with Crippen LogP contribution in [0.1, 0.15) is 30.1 Å². The number of primary sulfonamides is 1. The number of carbonyl (C=O) groups excluding carboxylic acids is 2. The van der Waals surface area contributed by atoms with Gasteiger partial charge < -0.3 is 11.1 Å². The summed E-state index contributed by atoms with van der Waals surface area (Å²) >= 11 is 6.14. The fourth-order valence-corrected chi connectivity index (χ4v) is 3.93. The van der Waals surface area contributed by atoms with E-state index < -0.39 is 15.9 Å². The lowest BCUT2D eigenvalue weighted by atomic mass is 9.95. The molecular weight excluding hydrogens is 450 g/mol. The molecule has 0 fully saturated rings. The molecule has 32 heavy (non-hydrogen) atoms. The maximum Gasteiger partial charge on any atom is 0.248 e. The topological polar surface area (TPSA) is 132 Å². The van der Waals surface area contributed by atoms with Crippen LogP contribution < -0.4 is 16.2 Å². The van der Waals surface area contributed by atoms with E-state index in [1.165, 1.54) is 12.1 Å². The normalized spacial score (nSPS) is 11.2. The highest BCUT2D eigenvalue weighted by Crippen LogP contribution is 2.34. The number of carbonyl (C=O) groups is 2. The zero-order valence-electron chi connectivity index (χ0n) is 17.3. The lowest BCUT2D eigenvalue weighted by molar-refractivity contribution is -0.116. The molecule has 3 aromatic carbocycles. The number of anilines is 1. The number of hydrogen-bond acceptors (Lipinski definition) is 4. The van der Waals surface area contributed by atoms with E-state index in [1.54, 1.807) is 42.5 Å². The highest BCUT2D eigenvalue weighted by Gasteiger charge is 2.14. The maximum atomic E-state index is 12.2. The third kappa shape index (κ3) is 5.53. The van der Waals surface area contributed by atoms with E-state index in [0.29, 0.717) is 45.8 Å². The van der Waals surface area contributed by atoms with Crippen LogP contribution in [-0.4, -0.2) is 20.2 Å². The Labute approximate surface area is 191 Å². The van der Waals surface area contributed by atoms with Crippen molar-refractivity contribution in [2.24, 2.45) is 10.9 Å². The van der Waals surface area contributed by atoms with Crippen LogP contribution in [-0.2, 0) is 14.8 Å². The number of nitrogens with one attached hydrogen (secondary N) is 1. The van der Waals surface area contributed by atoms with Crippen LogP contribution in [0.2, 0.25) is 5.02 Å². The molecule has 2 amide bonds. The minimum atomic E-state index is -3.83. The van der Waals surface area contributed by atoms with E-state index in [1.807, 2.05) is 13.0 Å². The predicted octanol–water partition coefficient (Wildman–Crippen LogP) is 4.16. The summed E-state index contributed by atoms with van der Waals surface area (Å²) in [5.41, 5.74) is 8.90. The molecule has 0 radical (unpaired) electrons. The molecular formula is C23H22ClN3O4S. The van der Waals surface area contributed by atoms with Gasteiger partial charge in [0.05, 0.1) is 10.6 Å². The quantitative estimate of drug-likeness (QED) is 0.477. The van der Waals surface area contributed by atoms with Crippen molar-refractivity contribution < 1.29 is 18.0 Å². The third-order valence-corrected chi connectivity index (χ3v) is 5.94. The summed E-state index contributed by atoms with van der Waals surface area (Å²) in [5, 5.41) is 8.48. The molecule has 0 spiro atoms. The predicted molar refractivity (Wildman–Crippen MR) is 126 cm³/mol. The Bertz CT molecular complexity index is 1290. The van der Waals surface area contributed by atoms with Crippen LogP contribution in [0.25, 0.3) is 22.3 Å². The van der Waals surface area contributed by atoms with Crippen molar-refractivity contribution in [3.05, 3.63) is 71.2 Å². The Morgan fingerprint density at radius 2 is 1.59 bits per heavy atom. The number of rotatable bonds is 7. The van der Waals surface area contributed by atoms with Gasteiger partial charge in [0.25, 0.3) is 0 Å². The second-order valence-corrected chi connectivity index (χ2v) is 9.22. The first kappa shape index (κ1) is 23.5. The van der Waals surface area contributed by atoms with Crippen molar-refractivity contribution in [3.63, 3.8) is 0 Å². The average Bonchev–Trinajstić information content (AvgIpc) is 2.73. The van der Waals surface area contributed by atoms with E-state index in [2.05, 4.69) is 5.32 Å². The number of nitrogens with two attached hydrogens (primary N) is 2. The first-order chi connectivity index (χ1) is 15.1. The monoisotopic (exact) mass is 471 g/mol. The van der Waals surface area contributed by atoms with Crippen molar-refractivity contribution in [2.45, 2.75) is 24.7 Å². The summed E-state index contributed by atoms with van der Waals surface area (Å²) < 4.78 is 23.1. The molecule has 0 aromatic heterocycles. The highest BCUT2D eigenvalue weighted by molar-refractivity contribution is 7.89. The van der Waals surface area contributed by atoms with Crippen LogP contribution >= 0.6 is 11.6 Å². The van der Waals surface area contributed by atoms with Gasteiger partial charge in [-0.1, -0.05) is 36.7 Å². The molecule has 3 rings (SSSR count). The molecule has 3 aromatic rings. The second kappa shape index (κ2) is 9.52. The van der Waals surface area contributed by atoms with Gasteiger partial charge in [0.2, 0.25) is 21.8 Å². The molecule has 0 aliphatic rings. The molecule has 9 heteroatoms. The van der Waals surface area contributed by atoms with E-state index in [0.717, 1.165) is 0 Å². The molecule has 0 bridgehead atoms. The van der Waals surface area contributed by atoms with Crippen molar-refractivity contribution in [1.29, 1.82) is 0 Å². The lowest BCUT2D eigenvalue weighted by Crippen LogP contribution is -2.13. The second-order valence-electron chi connectivity index (χ2n) is 7.22. The van der Waals surface area contributed by atoms with Crippen LogP contribution in [0, 0.1) is 0 Å². The molecule has 0 heterocycles. The summed E-state index contributed by atoms with van der Waals surface area (Å²) in [4.78, 5) is 24.2. The molecule has 166 valence electrons. The van der Waals surface area contributed by atoms with Gasteiger partial charge in [-0.25, -0.2) is 13.6 Å². The van der Waals surface area contributed by atoms with Crippen LogP contribution in [0.15, 0.2) is 65.6 Å². The maximum absolute atomic E-state index is 12.2. The van der Waals surface area contributed by atoms with Gasteiger partial charge in [0, 0.05) is 22.6 Å². The standard InChI is InChI=1S/C23H22ClN3O4S/c1-2-3-22(28)27-21-13-18(24)6-9-20(21)16-10-15(11-17(12-16)23(25)29)14-4-7-19(8-5-14)32(26,30)31/h4-13H,2-3H2,1H3,(H2,25,29)(H,27,28)(H2,26,30,31).